The fourth-order valence-corrected chi connectivity index (χ4v) is 2.61. The van der Waals surface area contributed by atoms with Crippen molar-refractivity contribution in [3.8, 4) is 11.5 Å². The maximum absolute atomic E-state index is 14.6. The number of halogens is 3. The summed E-state index contributed by atoms with van der Waals surface area (Å²) < 4.78 is 35.7. The van der Waals surface area contributed by atoms with E-state index in [0.29, 0.717) is 4.47 Å². The summed E-state index contributed by atoms with van der Waals surface area (Å²) in [5, 5.41) is 21.6. The van der Waals surface area contributed by atoms with Gasteiger partial charge in [0.2, 0.25) is 5.82 Å². The monoisotopic (exact) mass is 441 g/mol. The minimum absolute atomic E-state index is 0.00841. The topological polar surface area (TPSA) is 105 Å². The third kappa shape index (κ3) is 3.98. The maximum atomic E-state index is 14.6. The molecule has 0 saturated carbocycles. The van der Waals surface area contributed by atoms with Gasteiger partial charge >= 0.3 is 6.01 Å². The van der Waals surface area contributed by atoms with Gasteiger partial charge in [-0.15, -0.1) is 5.10 Å². The van der Waals surface area contributed by atoms with E-state index < -0.39 is 17.2 Å². The Kier molecular flexibility index (Phi) is 5.51. The molecule has 11 heteroatoms. The van der Waals surface area contributed by atoms with Crippen molar-refractivity contribution in [2.45, 2.75) is 0 Å². The van der Waals surface area contributed by atoms with E-state index in [9.17, 15) is 13.6 Å². The average molecular weight is 442 g/mol. The molecule has 0 unspecified atom stereocenters. The molecule has 8 nitrogen and oxygen atoms in total. The minimum Gasteiger partial charge on any atom is -0.403 e. The Morgan fingerprint density at radius 3 is 2.81 bits per heavy atom. The number of aryl methyl sites for hydroxylation is 1. The van der Waals surface area contributed by atoms with E-state index in [-0.39, 0.29) is 42.0 Å². The first-order valence-electron chi connectivity index (χ1n) is 7.70. The molecule has 0 amide bonds. The molecule has 142 valence electrons. The van der Waals surface area contributed by atoms with Crippen LogP contribution in [-0.2, 0) is 7.05 Å². The van der Waals surface area contributed by atoms with Gasteiger partial charge < -0.3 is 24.7 Å². The van der Waals surface area contributed by atoms with Crippen LogP contribution in [-0.4, -0.2) is 33.0 Å². The molecule has 3 N–H and O–H groups in total. The van der Waals surface area contributed by atoms with Gasteiger partial charge in [-0.1, -0.05) is 21.0 Å². The molecule has 0 radical (unpaired) electrons. The van der Waals surface area contributed by atoms with E-state index in [1.807, 2.05) is 0 Å². The molecular formula is C16H14BrF2N5O3. The van der Waals surface area contributed by atoms with E-state index in [2.05, 4.69) is 36.8 Å². The third-order valence-electron chi connectivity index (χ3n) is 3.55. The molecule has 3 aromatic rings. The highest BCUT2D eigenvalue weighted by molar-refractivity contribution is 9.10. The zero-order valence-corrected chi connectivity index (χ0v) is 15.5. The Morgan fingerprint density at radius 2 is 2.11 bits per heavy atom. The second kappa shape index (κ2) is 7.84. The first-order chi connectivity index (χ1) is 12.9. The van der Waals surface area contributed by atoms with Crippen LogP contribution in [0.3, 0.4) is 0 Å². The summed E-state index contributed by atoms with van der Waals surface area (Å²) in [5.74, 6) is -1.86. The van der Waals surface area contributed by atoms with Crippen LogP contribution in [0.25, 0.3) is 11.5 Å². The number of aliphatic hydroxyl groups excluding tert-OH is 1. The molecule has 2 aromatic heterocycles. The van der Waals surface area contributed by atoms with Crippen LogP contribution >= 0.6 is 15.9 Å². The Hall–Kier alpha value is -2.79. The van der Waals surface area contributed by atoms with Crippen molar-refractivity contribution in [1.29, 1.82) is 0 Å². The van der Waals surface area contributed by atoms with Gasteiger partial charge in [-0.25, -0.2) is 4.39 Å². The van der Waals surface area contributed by atoms with Crippen molar-refractivity contribution in [2.75, 3.05) is 23.8 Å². The molecule has 0 aliphatic rings. The first kappa shape index (κ1) is 19.0. The largest absolute Gasteiger partial charge is 0.403 e. The summed E-state index contributed by atoms with van der Waals surface area (Å²) in [4.78, 5) is 12.0. The maximum Gasteiger partial charge on any atom is 0.315 e. The molecule has 0 aliphatic carbocycles. The summed E-state index contributed by atoms with van der Waals surface area (Å²) >= 11 is 3.14. The standard InChI is InChI=1S/C16H14BrF2N5O3/c1-24-7-9(14-22-23-16(27-14)20-4-5-25)13(12(19)15(24)26)21-11-3-2-8(17)6-10(11)18/h2-3,6-7,21,25H,4-5H2,1H3,(H,20,23). The SMILES string of the molecule is Cn1cc(-c2nnc(NCCO)o2)c(Nc2ccc(Br)cc2F)c(F)c1=O. The molecule has 0 bridgehead atoms. The lowest BCUT2D eigenvalue weighted by Gasteiger charge is -2.13. The van der Waals surface area contributed by atoms with Gasteiger partial charge in [0.25, 0.3) is 11.4 Å². The Bertz CT molecular complexity index is 1040. The molecule has 3 rings (SSSR count). The van der Waals surface area contributed by atoms with Crippen LogP contribution < -0.4 is 16.2 Å². The van der Waals surface area contributed by atoms with E-state index in [4.69, 9.17) is 9.52 Å². The van der Waals surface area contributed by atoms with Crippen molar-refractivity contribution in [1.82, 2.24) is 14.8 Å². The number of hydrogen-bond donors (Lipinski definition) is 3. The van der Waals surface area contributed by atoms with Crippen molar-refractivity contribution in [3.63, 3.8) is 0 Å². The van der Waals surface area contributed by atoms with Crippen LogP contribution in [0.15, 0.2) is 38.1 Å². The van der Waals surface area contributed by atoms with Crippen molar-refractivity contribution in [3.05, 3.63) is 50.9 Å². The number of nitrogens with zero attached hydrogens (tertiary/aromatic N) is 3. The van der Waals surface area contributed by atoms with Gasteiger partial charge in [0, 0.05) is 24.3 Å². The van der Waals surface area contributed by atoms with E-state index in [1.54, 1.807) is 6.07 Å². The number of anilines is 3. The molecular weight excluding hydrogens is 428 g/mol. The van der Waals surface area contributed by atoms with Crippen molar-refractivity contribution in [2.24, 2.45) is 7.05 Å². The fraction of sp³-hybridized carbons (Fsp3) is 0.188. The molecule has 0 spiro atoms. The molecule has 0 atom stereocenters. The van der Waals surface area contributed by atoms with Gasteiger partial charge in [0.1, 0.15) is 5.82 Å². The molecule has 27 heavy (non-hydrogen) atoms. The quantitative estimate of drug-likeness (QED) is 0.539. The fourth-order valence-electron chi connectivity index (χ4n) is 2.27. The number of aliphatic hydroxyl groups is 1. The van der Waals surface area contributed by atoms with Gasteiger partial charge in [-0.3, -0.25) is 4.79 Å². The van der Waals surface area contributed by atoms with Crippen LogP contribution in [0.1, 0.15) is 0 Å². The second-order valence-corrected chi connectivity index (χ2v) is 6.38. The van der Waals surface area contributed by atoms with Crippen molar-refractivity contribution < 1.29 is 18.3 Å². The number of rotatable bonds is 6. The predicted molar refractivity (Wildman–Crippen MR) is 97.9 cm³/mol. The zero-order chi connectivity index (χ0) is 19.6. The third-order valence-corrected chi connectivity index (χ3v) is 4.05. The van der Waals surface area contributed by atoms with Crippen LogP contribution in [0.2, 0.25) is 0 Å². The van der Waals surface area contributed by atoms with Gasteiger partial charge in [0.05, 0.1) is 23.5 Å². The van der Waals surface area contributed by atoms with E-state index in [0.717, 1.165) is 4.57 Å². The lowest BCUT2D eigenvalue weighted by atomic mass is 10.2. The van der Waals surface area contributed by atoms with Gasteiger partial charge in [0.15, 0.2) is 0 Å². The molecule has 2 heterocycles. The summed E-state index contributed by atoms with van der Waals surface area (Å²) in [7, 11) is 1.36. The summed E-state index contributed by atoms with van der Waals surface area (Å²) in [5.41, 5.74) is -1.17. The van der Waals surface area contributed by atoms with Crippen LogP contribution in [0.4, 0.5) is 26.2 Å². The predicted octanol–water partition coefficient (Wildman–Crippen LogP) is 2.62. The molecule has 0 fully saturated rings. The summed E-state index contributed by atoms with van der Waals surface area (Å²) in [6.45, 7) is 0.0281. The van der Waals surface area contributed by atoms with Crippen LogP contribution in [0.5, 0.6) is 0 Å². The lowest BCUT2D eigenvalue weighted by Crippen LogP contribution is -2.22. The number of nitrogens with one attached hydrogen (secondary N) is 2. The van der Waals surface area contributed by atoms with Gasteiger partial charge in [-0.2, -0.15) is 4.39 Å². The highest BCUT2D eigenvalue weighted by Crippen LogP contribution is 2.32. The van der Waals surface area contributed by atoms with E-state index in [1.165, 1.54) is 25.4 Å². The number of benzene rings is 1. The number of hydrogen-bond acceptors (Lipinski definition) is 7. The Labute approximate surface area is 160 Å². The Morgan fingerprint density at radius 1 is 1.33 bits per heavy atom. The van der Waals surface area contributed by atoms with Crippen molar-refractivity contribution >= 4 is 33.3 Å². The highest BCUT2D eigenvalue weighted by atomic mass is 79.9. The van der Waals surface area contributed by atoms with Gasteiger partial charge in [-0.05, 0) is 18.2 Å². The molecule has 1 aromatic carbocycles. The Balaban J connectivity index is 2.08. The highest BCUT2D eigenvalue weighted by Gasteiger charge is 2.21. The first-order valence-corrected chi connectivity index (χ1v) is 8.50. The zero-order valence-electron chi connectivity index (χ0n) is 14.0. The average Bonchev–Trinajstić information content (AvgIpc) is 3.10. The number of pyridine rings is 1. The van der Waals surface area contributed by atoms with Crippen LogP contribution in [0, 0.1) is 11.6 Å². The van der Waals surface area contributed by atoms with E-state index >= 15 is 0 Å². The second-order valence-electron chi connectivity index (χ2n) is 5.46. The smallest absolute Gasteiger partial charge is 0.315 e. The minimum atomic E-state index is -1.12. The normalized spacial score (nSPS) is 10.9. The lowest BCUT2D eigenvalue weighted by molar-refractivity contribution is 0.309. The number of aromatic nitrogens is 3. The molecule has 0 saturated heterocycles. The molecule has 0 aliphatic heterocycles. The summed E-state index contributed by atoms with van der Waals surface area (Å²) in [6.07, 6.45) is 1.30. The summed E-state index contributed by atoms with van der Waals surface area (Å²) in [6, 6.07) is 4.16.